The van der Waals surface area contributed by atoms with Gasteiger partial charge in [0.25, 0.3) is 0 Å². The molecule has 1 aliphatic rings. The van der Waals surface area contributed by atoms with Crippen molar-refractivity contribution in [2.75, 3.05) is 23.9 Å². The van der Waals surface area contributed by atoms with Crippen LogP contribution in [0.3, 0.4) is 0 Å². The van der Waals surface area contributed by atoms with Gasteiger partial charge in [-0.05, 0) is 12.8 Å². The summed E-state index contributed by atoms with van der Waals surface area (Å²) in [5, 5.41) is 1.50. The van der Waals surface area contributed by atoms with E-state index in [0.29, 0.717) is 17.1 Å². The molecule has 4 nitrogen and oxygen atoms in total. The van der Waals surface area contributed by atoms with Crippen molar-refractivity contribution in [2.45, 2.75) is 18.9 Å². The topological polar surface area (TPSA) is 38.2 Å². The second-order valence-corrected chi connectivity index (χ2v) is 4.73. The lowest BCUT2D eigenvalue weighted by Gasteiger charge is -2.24. The Balaban J connectivity index is 2.31. The fraction of sp³-hybridized carbons (Fsp3) is 0.600. The van der Waals surface area contributed by atoms with E-state index in [4.69, 9.17) is 16.3 Å². The molecule has 0 spiro atoms. The molecule has 88 valence electrons. The molecule has 2 rings (SSSR count). The molecule has 0 N–H and O–H groups in total. The smallest absolute Gasteiger partial charge is 0.318 e. The zero-order chi connectivity index (χ0) is 11.5. The fourth-order valence-electron chi connectivity index (χ4n) is 1.92. The first-order chi connectivity index (χ1) is 7.76. The van der Waals surface area contributed by atoms with E-state index in [-0.39, 0.29) is 0 Å². The lowest BCUT2D eigenvalue weighted by Crippen LogP contribution is -2.31. The van der Waals surface area contributed by atoms with Gasteiger partial charge in [0, 0.05) is 17.9 Å². The first-order valence-corrected chi connectivity index (χ1v) is 6.65. The molecule has 16 heavy (non-hydrogen) atoms. The first-order valence-electron chi connectivity index (χ1n) is 5.15. The number of nitrogens with zero attached hydrogens (tertiary/aromatic N) is 3. The second-order valence-electron chi connectivity index (χ2n) is 3.67. The van der Waals surface area contributed by atoms with Crippen molar-refractivity contribution >= 4 is 33.3 Å². The molecule has 1 aliphatic heterocycles. The molecule has 1 fully saturated rings. The van der Waals surface area contributed by atoms with Gasteiger partial charge in [-0.2, -0.15) is 4.98 Å². The zero-order valence-electron chi connectivity index (χ0n) is 8.99. The average molecular weight is 307 g/mol. The van der Waals surface area contributed by atoms with Crippen LogP contribution in [0.1, 0.15) is 12.8 Å². The number of hydrogen-bond acceptors (Lipinski definition) is 4. The van der Waals surface area contributed by atoms with Gasteiger partial charge in [0.05, 0.1) is 13.3 Å². The number of alkyl halides is 1. The van der Waals surface area contributed by atoms with E-state index in [0.717, 1.165) is 24.1 Å². The van der Waals surface area contributed by atoms with Gasteiger partial charge in [0.15, 0.2) is 5.82 Å². The molecule has 2 heterocycles. The van der Waals surface area contributed by atoms with Gasteiger partial charge in [0.1, 0.15) is 5.02 Å². The van der Waals surface area contributed by atoms with E-state index >= 15 is 0 Å². The summed E-state index contributed by atoms with van der Waals surface area (Å²) >= 11 is 9.63. The lowest BCUT2D eigenvalue weighted by molar-refractivity contribution is 0.379. The Hall–Kier alpha value is -0.550. The maximum Gasteiger partial charge on any atom is 0.318 e. The molecule has 0 aliphatic carbocycles. The number of methoxy groups -OCH3 is 1. The summed E-state index contributed by atoms with van der Waals surface area (Å²) in [6.45, 7) is 0.982. The van der Waals surface area contributed by atoms with Gasteiger partial charge >= 0.3 is 6.01 Å². The van der Waals surface area contributed by atoms with E-state index in [2.05, 4.69) is 30.8 Å². The standard InChI is InChI=1S/C10H13BrClN3O/c1-16-10-13-6-8(12)9(14-10)15-4-2-3-7(15)5-11/h6-7H,2-5H2,1H3. The normalized spacial score (nSPS) is 20.2. The fourth-order valence-corrected chi connectivity index (χ4v) is 2.79. The Morgan fingerprint density at radius 2 is 2.50 bits per heavy atom. The molecular weight excluding hydrogens is 293 g/mol. The number of anilines is 1. The highest BCUT2D eigenvalue weighted by Gasteiger charge is 2.26. The van der Waals surface area contributed by atoms with E-state index < -0.39 is 0 Å². The summed E-state index contributed by atoms with van der Waals surface area (Å²) < 4.78 is 5.02. The quantitative estimate of drug-likeness (QED) is 0.804. The van der Waals surface area contributed by atoms with E-state index in [9.17, 15) is 0 Å². The van der Waals surface area contributed by atoms with Crippen LogP contribution in [0.15, 0.2) is 6.20 Å². The molecule has 0 bridgehead atoms. The van der Waals surface area contributed by atoms with Crippen LogP contribution in [-0.2, 0) is 0 Å². The number of aromatic nitrogens is 2. The van der Waals surface area contributed by atoms with Crippen LogP contribution in [0, 0.1) is 0 Å². The van der Waals surface area contributed by atoms with Crippen LogP contribution in [0.2, 0.25) is 5.02 Å². The highest BCUT2D eigenvalue weighted by atomic mass is 79.9. The first kappa shape index (κ1) is 11.9. The van der Waals surface area contributed by atoms with Crippen LogP contribution >= 0.6 is 27.5 Å². The van der Waals surface area contributed by atoms with Crippen molar-refractivity contribution in [3.63, 3.8) is 0 Å². The molecule has 6 heteroatoms. The molecule has 0 radical (unpaired) electrons. The summed E-state index contributed by atoms with van der Waals surface area (Å²) in [5.74, 6) is 0.774. The SMILES string of the molecule is COc1ncc(Cl)c(N2CCCC2CBr)n1. The van der Waals surface area contributed by atoms with E-state index in [1.165, 1.54) is 6.42 Å². The Kier molecular flexibility index (Phi) is 3.86. The number of hydrogen-bond donors (Lipinski definition) is 0. The maximum atomic E-state index is 6.12. The van der Waals surface area contributed by atoms with Crippen LogP contribution in [0.4, 0.5) is 5.82 Å². The molecule has 1 aromatic heterocycles. The van der Waals surface area contributed by atoms with Crippen LogP contribution in [0.25, 0.3) is 0 Å². The number of rotatable bonds is 3. The summed E-state index contributed by atoms with van der Waals surface area (Å²) in [7, 11) is 1.55. The van der Waals surface area contributed by atoms with Crippen molar-refractivity contribution in [3.8, 4) is 6.01 Å². The molecule has 1 unspecified atom stereocenters. The van der Waals surface area contributed by atoms with Crippen molar-refractivity contribution in [2.24, 2.45) is 0 Å². The summed E-state index contributed by atoms with van der Waals surface area (Å²) in [6, 6.07) is 0.816. The minimum atomic E-state index is 0.361. The largest absolute Gasteiger partial charge is 0.467 e. The zero-order valence-corrected chi connectivity index (χ0v) is 11.3. The third-order valence-corrected chi connectivity index (χ3v) is 3.73. The predicted molar refractivity (Wildman–Crippen MR) is 67.8 cm³/mol. The number of ether oxygens (including phenoxy) is 1. The summed E-state index contributed by atoms with van der Waals surface area (Å²) in [5.41, 5.74) is 0. The van der Waals surface area contributed by atoms with Gasteiger partial charge in [-0.25, -0.2) is 4.98 Å². The predicted octanol–water partition coefficient (Wildman–Crippen LogP) is 2.50. The van der Waals surface area contributed by atoms with Crippen LogP contribution in [-0.4, -0.2) is 35.0 Å². The summed E-state index contributed by atoms with van der Waals surface area (Å²) in [4.78, 5) is 10.5. The van der Waals surface area contributed by atoms with Crippen LogP contribution < -0.4 is 9.64 Å². The summed E-state index contributed by atoms with van der Waals surface area (Å²) in [6.07, 6.45) is 3.92. The van der Waals surface area contributed by atoms with Crippen molar-refractivity contribution in [1.29, 1.82) is 0 Å². The van der Waals surface area contributed by atoms with E-state index in [1.807, 2.05) is 0 Å². The van der Waals surface area contributed by atoms with Gasteiger partial charge < -0.3 is 9.64 Å². The molecule has 1 atom stereocenters. The molecule has 1 saturated heterocycles. The third kappa shape index (κ3) is 2.25. The average Bonchev–Trinajstić information content (AvgIpc) is 2.77. The monoisotopic (exact) mass is 305 g/mol. The van der Waals surface area contributed by atoms with Gasteiger partial charge in [-0.3, -0.25) is 0 Å². The molecule has 0 saturated carbocycles. The molecule has 0 aromatic carbocycles. The van der Waals surface area contributed by atoms with Gasteiger partial charge in [0.2, 0.25) is 0 Å². The van der Waals surface area contributed by atoms with Crippen molar-refractivity contribution in [3.05, 3.63) is 11.2 Å². The molecular formula is C10H13BrClN3O. The van der Waals surface area contributed by atoms with Crippen molar-refractivity contribution < 1.29 is 4.74 Å². The van der Waals surface area contributed by atoms with E-state index in [1.54, 1.807) is 13.3 Å². The highest BCUT2D eigenvalue weighted by Crippen LogP contribution is 2.31. The Morgan fingerprint density at radius 1 is 1.69 bits per heavy atom. The lowest BCUT2D eigenvalue weighted by atomic mass is 10.2. The number of halogens is 2. The minimum absolute atomic E-state index is 0.361. The maximum absolute atomic E-state index is 6.12. The van der Waals surface area contributed by atoms with Crippen molar-refractivity contribution in [1.82, 2.24) is 9.97 Å². The molecule has 0 amide bonds. The van der Waals surface area contributed by atoms with Gasteiger partial charge in [-0.15, -0.1) is 0 Å². The van der Waals surface area contributed by atoms with Gasteiger partial charge in [-0.1, -0.05) is 27.5 Å². The van der Waals surface area contributed by atoms with Crippen LogP contribution in [0.5, 0.6) is 6.01 Å². The Labute approximate surface area is 108 Å². The molecule has 1 aromatic rings. The Bertz CT molecular complexity index is 377. The Morgan fingerprint density at radius 3 is 3.19 bits per heavy atom. The third-order valence-electron chi connectivity index (χ3n) is 2.71. The second kappa shape index (κ2) is 5.19. The highest BCUT2D eigenvalue weighted by molar-refractivity contribution is 9.09. The minimum Gasteiger partial charge on any atom is -0.467 e.